The number of benzene rings is 1. The molecule has 1 aromatic rings. The fourth-order valence-corrected chi connectivity index (χ4v) is 2.58. The minimum atomic E-state index is 0.348. The maximum Gasteiger partial charge on any atom is 0.231 e. The van der Waals surface area contributed by atoms with Crippen LogP contribution in [0.4, 0.5) is 11.4 Å². The van der Waals surface area contributed by atoms with E-state index in [1.54, 1.807) is 0 Å². The van der Waals surface area contributed by atoms with E-state index in [4.69, 9.17) is 9.47 Å². The molecule has 1 N–H and O–H groups in total. The Kier molecular flexibility index (Phi) is 1.92. The van der Waals surface area contributed by atoms with Crippen molar-refractivity contribution >= 4 is 11.4 Å². The molecule has 4 heteroatoms. The number of nitrogens with one attached hydrogen (secondary N) is 1. The Balaban J connectivity index is 1.71. The van der Waals surface area contributed by atoms with Crippen LogP contribution in [0.5, 0.6) is 11.5 Å². The van der Waals surface area contributed by atoms with Crippen molar-refractivity contribution < 1.29 is 9.47 Å². The Morgan fingerprint density at radius 2 is 2.06 bits per heavy atom. The molecule has 1 aliphatic carbocycles. The number of hydrogen-bond acceptors (Lipinski definition) is 4. The summed E-state index contributed by atoms with van der Waals surface area (Å²) in [6, 6.07) is 4.18. The first-order chi connectivity index (χ1) is 8.40. The molecule has 0 spiro atoms. The third kappa shape index (κ3) is 1.59. The molecule has 3 aliphatic rings. The maximum absolute atomic E-state index is 5.46. The second kappa shape index (κ2) is 3.45. The predicted molar refractivity (Wildman–Crippen MR) is 66.0 cm³/mol. The van der Waals surface area contributed by atoms with Crippen LogP contribution in [-0.4, -0.2) is 26.4 Å². The summed E-state index contributed by atoms with van der Waals surface area (Å²) in [5, 5.41) is 3.44. The number of hydrogen-bond donors (Lipinski definition) is 1. The van der Waals surface area contributed by atoms with Gasteiger partial charge in [-0.25, -0.2) is 0 Å². The minimum absolute atomic E-state index is 0.348. The third-order valence-corrected chi connectivity index (χ3v) is 3.70. The zero-order chi connectivity index (χ0) is 11.2. The lowest BCUT2D eigenvalue weighted by Gasteiger charge is -2.32. The van der Waals surface area contributed by atoms with Crippen molar-refractivity contribution in [3.05, 3.63) is 12.1 Å². The van der Waals surface area contributed by atoms with Crippen LogP contribution >= 0.6 is 0 Å². The van der Waals surface area contributed by atoms with Gasteiger partial charge < -0.3 is 19.7 Å². The van der Waals surface area contributed by atoms with Crippen LogP contribution < -0.4 is 19.7 Å². The molecule has 4 rings (SSSR count). The Morgan fingerprint density at radius 3 is 2.88 bits per heavy atom. The Bertz CT molecular complexity index is 457. The van der Waals surface area contributed by atoms with Crippen molar-refractivity contribution in [2.24, 2.45) is 5.92 Å². The van der Waals surface area contributed by atoms with Crippen LogP contribution in [0.15, 0.2) is 12.1 Å². The molecule has 0 amide bonds. The lowest BCUT2D eigenvalue weighted by atomic mass is 10.1. The second-order valence-corrected chi connectivity index (χ2v) is 5.04. The van der Waals surface area contributed by atoms with Gasteiger partial charge in [0.2, 0.25) is 6.79 Å². The SMILES string of the molecule is c1c2c(cc3c1OCO3)N(CC1CC1)CCN2. The van der Waals surface area contributed by atoms with Gasteiger partial charge in [0.1, 0.15) is 0 Å². The molecule has 0 radical (unpaired) electrons. The lowest BCUT2D eigenvalue weighted by Crippen LogP contribution is -2.35. The number of ether oxygens (including phenoxy) is 2. The second-order valence-electron chi connectivity index (χ2n) is 5.04. The molecule has 0 atom stereocenters. The average Bonchev–Trinajstić information content (AvgIpc) is 3.04. The standard InChI is InChI=1S/C13H16N2O2/c1-2-9(1)7-15-4-3-14-10-5-12-13(6-11(10)15)17-8-16-12/h5-6,9,14H,1-4,7-8H2. The number of fused-ring (bicyclic) bond motifs is 2. The van der Waals surface area contributed by atoms with Crippen molar-refractivity contribution in [1.29, 1.82) is 0 Å². The molecule has 90 valence electrons. The molecular weight excluding hydrogens is 216 g/mol. The maximum atomic E-state index is 5.46. The minimum Gasteiger partial charge on any atom is -0.454 e. The van der Waals surface area contributed by atoms with Gasteiger partial charge in [0, 0.05) is 31.8 Å². The number of rotatable bonds is 2. The van der Waals surface area contributed by atoms with Gasteiger partial charge in [0.25, 0.3) is 0 Å². The van der Waals surface area contributed by atoms with Crippen molar-refractivity contribution in [1.82, 2.24) is 0 Å². The van der Waals surface area contributed by atoms with Crippen molar-refractivity contribution in [2.45, 2.75) is 12.8 Å². The Morgan fingerprint density at radius 1 is 1.24 bits per heavy atom. The summed E-state index contributed by atoms with van der Waals surface area (Å²) in [6.07, 6.45) is 2.79. The summed E-state index contributed by atoms with van der Waals surface area (Å²) >= 11 is 0. The van der Waals surface area contributed by atoms with E-state index in [2.05, 4.69) is 22.3 Å². The van der Waals surface area contributed by atoms with E-state index in [0.717, 1.165) is 30.5 Å². The molecule has 0 bridgehead atoms. The summed E-state index contributed by atoms with van der Waals surface area (Å²) in [5.74, 6) is 2.66. The fourth-order valence-electron chi connectivity index (χ4n) is 2.58. The van der Waals surface area contributed by atoms with Crippen molar-refractivity contribution in [3.63, 3.8) is 0 Å². The van der Waals surface area contributed by atoms with Gasteiger partial charge in [-0.1, -0.05) is 0 Å². The highest BCUT2D eigenvalue weighted by atomic mass is 16.7. The molecule has 2 aliphatic heterocycles. The number of anilines is 2. The zero-order valence-electron chi connectivity index (χ0n) is 9.74. The summed E-state index contributed by atoms with van der Waals surface area (Å²) in [7, 11) is 0. The molecule has 1 fully saturated rings. The summed E-state index contributed by atoms with van der Waals surface area (Å²) in [5.41, 5.74) is 2.45. The largest absolute Gasteiger partial charge is 0.454 e. The highest BCUT2D eigenvalue weighted by molar-refractivity contribution is 5.77. The first-order valence-electron chi connectivity index (χ1n) is 6.32. The summed E-state index contributed by atoms with van der Waals surface area (Å²) in [4.78, 5) is 2.48. The zero-order valence-corrected chi connectivity index (χ0v) is 9.74. The molecule has 1 aromatic carbocycles. The predicted octanol–water partition coefficient (Wildman–Crippen LogP) is 2.06. The fraction of sp³-hybridized carbons (Fsp3) is 0.538. The highest BCUT2D eigenvalue weighted by Gasteiger charge is 2.28. The van der Waals surface area contributed by atoms with Gasteiger partial charge >= 0.3 is 0 Å². The van der Waals surface area contributed by atoms with E-state index in [1.807, 2.05) is 0 Å². The van der Waals surface area contributed by atoms with Crippen LogP contribution in [0.25, 0.3) is 0 Å². The van der Waals surface area contributed by atoms with Gasteiger partial charge in [-0.2, -0.15) is 0 Å². The van der Waals surface area contributed by atoms with Crippen LogP contribution in [-0.2, 0) is 0 Å². The monoisotopic (exact) mass is 232 g/mol. The third-order valence-electron chi connectivity index (χ3n) is 3.70. The first-order valence-corrected chi connectivity index (χ1v) is 6.32. The van der Waals surface area contributed by atoms with E-state index < -0.39 is 0 Å². The lowest BCUT2D eigenvalue weighted by molar-refractivity contribution is 0.174. The molecule has 0 unspecified atom stereocenters. The Labute approximate surface area is 101 Å². The van der Waals surface area contributed by atoms with Crippen LogP contribution in [0.2, 0.25) is 0 Å². The smallest absolute Gasteiger partial charge is 0.231 e. The van der Waals surface area contributed by atoms with Crippen molar-refractivity contribution in [2.75, 3.05) is 36.6 Å². The molecule has 2 heterocycles. The topological polar surface area (TPSA) is 33.7 Å². The van der Waals surface area contributed by atoms with E-state index in [0.29, 0.717) is 6.79 Å². The van der Waals surface area contributed by atoms with Gasteiger partial charge in [-0.15, -0.1) is 0 Å². The molecule has 17 heavy (non-hydrogen) atoms. The quantitative estimate of drug-likeness (QED) is 0.846. The molecule has 1 saturated carbocycles. The normalized spacial score (nSPS) is 21.1. The highest BCUT2D eigenvalue weighted by Crippen LogP contribution is 2.43. The summed E-state index contributed by atoms with van der Waals surface area (Å²) < 4.78 is 10.9. The van der Waals surface area contributed by atoms with E-state index in [-0.39, 0.29) is 0 Å². The molecule has 4 nitrogen and oxygen atoms in total. The number of nitrogens with zero attached hydrogens (tertiary/aromatic N) is 1. The van der Waals surface area contributed by atoms with E-state index in [1.165, 1.54) is 30.8 Å². The van der Waals surface area contributed by atoms with E-state index in [9.17, 15) is 0 Å². The molecule has 0 saturated heterocycles. The van der Waals surface area contributed by atoms with E-state index >= 15 is 0 Å². The van der Waals surface area contributed by atoms with Crippen LogP contribution in [0.3, 0.4) is 0 Å². The van der Waals surface area contributed by atoms with Gasteiger partial charge in [-0.3, -0.25) is 0 Å². The van der Waals surface area contributed by atoms with Gasteiger partial charge in [-0.05, 0) is 18.8 Å². The average molecular weight is 232 g/mol. The van der Waals surface area contributed by atoms with Crippen LogP contribution in [0.1, 0.15) is 12.8 Å². The van der Waals surface area contributed by atoms with Crippen LogP contribution in [0, 0.1) is 5.92 Å². The molecular formula is C13H16N2O2. The first kappa shape index (κ1) is 9.45. The van der Waals surface area contributed by atoms with Gasteiger partial charge in [0.05, 0.1) is 11.4 Å². The summed E-state index contributed by atoms with van der Waals surface area (Å²) in [6.45, 7) is 3.64. The van der Waals surface area contributed by atoms with Gasteiger partial charge in [0.15, 0.2) is 11.5 Å². The van der Waals surface area contributed by atoms with Crippen molar-refractivity contribution in [3.8, 4) is 11.5 Å². The molecule has 0 aromatic heterocycles. The Hall–Kier alpha value is -1.58.